The molecule has 0 amide bonds. The van der Waals surface area contributed by atoms with Gasteiger partial charge in [0.2, 0.25) is 0 Å². The van der Waals surface area contributed by atoms with Gasteiger partial charge in [-0.15, -0.1) is 0 Å². The molecule has 2 rings (SSSR count). The van der Waals surface area contributed by atoms with Gasteiger partial charge in [0.1, 0.15) is 11.6 Å². The molecule has 0 spiro atoms. The molecule has 0 unspecified atom stereocenters. The fraction of sp³-hybridized carbons (Fsp3) is 0.500. The van der Waals surface area contributed by atoms with E-state index in [-0.39, 0.29) is 24.4 Å². The molecule has 0 fully saturated rings. The van der Waals surface area contributed by atoms with Crippen molar-refractivity contribution in [2.75, 3.05) is 20.8 Å². The summed E-state index contributed by atoms with van der Waals surface area (Å²) in [5.74, 6) is 1.08. The summed E-state index contributed by atoms with van der Waals surface area (Å²) in [6.07, 6.45) is 0. The Bertz CT molecular complexity index is 644. The predicted molar refractivity (Wildman–Crippen MR) is 95.7 cm³/mol. The van der Waals surface area contributed by atoms with Gasteiger partial charge in [0.05, 0.1) is 25.5 Å². The second kappa shape index (κ2) is 7.39. The highest BCUT2D eigenvalue weighted by atomic mass is 19.1. The van der Waals surface area contributed by atoms with Crippen LogP contribution < -0.4 is 0 Å². The van der Waals surface area contributed by atoms with Crippen LogP contribution in [0.2, 0.25) is 0 Å². The van der Waals surface area contributed by atoms with Crippen molar-refractivity contribution >= 4 is 5.57 Å². The minimum atomic E-state index is -0.273. The van der Waals surface area contributed by atoms with E-state index in [0.717, 1.165) is 28.2 Å². The summed E-state index contributed by atoms with van der Waals surface area (Å²) in [5.41, 5.74) is 3.78. The first-order chi connectivity index (χ1) is 11.3. The van der Waals surface area contributed by atoms with E-state index in [2.05, 4.69) is 39.6 Å². The first-order valence-corrected chi connectivity index (χ1v) is 8.44. The van der Waals surface area contributed by atoms with E-state index < -0.39 is 0 Å². The third kappa shape index (κ3) is 3.20. The van der Waals surface area contributed by atoms with E-state index in [0.29, 0.717) is 5.92 Å². The molecule has 3 nitrogen and oxygen atoms in total. The van der Waals surface area contributed by atoms with Gasteiger partial charge in [-0.3, -0.25) is 0 Å². The van der Waals surface area contributed by atoms with Crippen LogP contribution in [0.5, 0.6) is 0 Å². The lowest BCUT2D eigenvalue weighted by atomic mass is 9.82. The Morgan fingerprint density at radius 1 is 1.17 bits per heavy atom. The Hall–Kier alpha value is -1.81. The Morgan fingerprint density at radius 2 is 1.75 bits per heavy atom. The number of halogens is 1. The fourth-order valence-electron chi connectivity index (χ4n) is 3.80. The van der Waals surface area contributed by atoms with Crippen molar-refractivity contribution in [2.24, 2.45) is 11.8 Å². The van der Waals surface area contributed by atoms with E-state index in [9.17, 15) is 9.50 Å². The largest absolute Gasteiger partial charge is 0.494 e. The third-order valence-electron chi connectivity index (χ3n) is 4.62. The average Bonchev–Trinajstić information content (AvgIpc) is 2.53. The molecule has 132 valence electrons. The quantitative estimate of drug-likeness (QED) is 0.882. The van der Waals surface area contributed by atoms with Gasteiger partial charge >= 0.3 is 0 Å². The topological polar surface area (TPSA) is 32.7 Å². The molecule has 1 atom stereocenters. The van der Waals surface area contributed by atoms with Crippen molar-refractivity contribution in [2.45, 2.75) is 33.7 Å². The molecule has 0 saturated carbocycles. The predicted octanol–water partition coefficient (Wildman–Crippen LogP) is 4.06. The molecule has 1 aromatic carbocycles. The monoisotopic (exact) mass is 333 g/mol. The number of methoxy groups -OCH3 is 1. The summed E-state index contributed by atoms with van der Waals surface area (Å²) >= 11 is 0. The van der Waals surface area contributed by atoms with E-state index in [1.165, 1.54) is 12.1 Å². The standard InChI is InChI=1S/C20H28FNO2/c1-12(2)18-16(11-23)17(14-7-9-15(21)10-8-14)20(24-6)19(13(3)4)22(18)5/h7-10,12-13,18,23H,11H2,1-6H3/t18-/m1/s1. The minimum absolute atomic E-state index is 0.0574. The van der Waals surface area contributed by atoms with Gasteiger partial charge in [0, 0.05) is 12.6 Å². The van der Waals surface area contributed by atoms with Crippen LogP contribution in [0.4, 0.5) is 4.39 Å². The maximum absolute atomic E-state index is 13.4. The lowest BCUT2D eigenvalue weighted by Crippen LogP contribution is -2.43. The van der Waals surface area contributed by atoms with Crippen LogP contribution in [0.15, 0.2) is 41.3 Å². The molecule has 0 radical (unpaired) electrons. The SMILES string of the molecule is COC1=C(C(C)C)N(C)[C@H](C(C)C)C(CO)=C1c1ccc(F)cc1. The Labute approximate surface area is 144 Å². The summed E-state index contributed by atoms with van der Waals surface area (Å²) < 4.78 is 19.1. The highest BCUT2D eigenvalue weighted by Gasteiger charge is 2.36. The summed E-state index contributed by atoms with van der Waals surface area (Å²) in [6.45, 7) is 8.50. The highest BCUT2D eigenvalue weighted by Crippen LogP contribution is 2.42. The summed E-state index contributed by atoms with van der Waals surface area (Å²) in [5, 5.41) is 10.1. The number of aliphatic hydroxyl groups is 1. The number of allylic oxidation sites excluding steroid dienone is 2. The average molecular weight is 333 g/mol. The molecule has 0 aromatic heterocycles. The first-order valence-electron chi connectivity index (χ1n) is 8.44. The molecular formula is C20H28FNO2. The normalized spacial score (nSPS) is 18.9. The molecule has 1 aliphatic rings. The maximum Gasteiger partial charge on any atom is 0.146 e. The van der Waals surface area contributed by atoms with Crippen LogP contribution >= 0.6 is 0 Å². The van der Waals surface area contributed by atoms with Gasteiger partial charge in [-0.05, 0) is 35.1 Å². The van der Waals surface area contributed by atoms with Crippen molar-refractivity contribution in [1.29, 1.82) is 0 Å². The number of nitrogens with zero attached hydrogens (tertiary/aromatic N) is 1. The molecular weight excluding hydrogens is 305 g/mol. The van der Waals surface area contributed by atoms with Crippen molar-refractivity contribution < 1.29 is 14.2 Å². The Balaban J connectivity index is 2.78. The zero-order chi connectivity index (χ0) is 18.0. The summed E-state index contributed by atoms with van der Waals surface area (Å²) in [4.78, 5) is 2.22. The highest BCUT2D eigenvalue weighted by molar-refractivity contribution is 5.82. The molecule has 1 heterocycles. The van der Waals surface area contributed by atoms with Crippen LogP contribution in [-0.4, -0.2) is 36.8 Å². The molecule has 0 aliphatic carbocycles. The lowest BCUT2D eigenvalue weighted by molar-refractivity contribution is 0.192. The van der Waals surface area contributed by atoms with E-state index >= 15 is 0 Å². The van der Waals surface area contributed by atoms with Crippen molar-refractivity contribution in [3.8, 4) is 0 Å². The number of likely N-dealkylation sites (N-methyl/N-ethyl adjacent to an activating group) is 1. The Kier molecular flexibility index (Phi) is 5.70. The van der Waals surface area contributed by atoms with E-state index in [1.807, 2.05) is 0 Å². The number of aliphatic hydroxyl groups excluding tert-OH is 1. The number of rotatable bonds is 5. The molecule has 4 heteroatoms. The third-order valence-corrected chi connectivity index (χ3v) is 4.62. The van der Waals surface area contributed by atoms with Gasteiger partial charge in [-0.1, -0.05) is 39.8 Å². The number of ether oxygens (including phenoxy) is 1. The van der Waals surface area contributed by atoms with Gasteiger partial charge in [0.15, 0.2) is 0 Å². The van der Waals surface area contributed by atoms with Gasteiger partial charge in [-0.25, -0.2) is 4.39 Å². The maximum atomic E-state index is 13.4. The lowest BCUT2D eigenvalue weighted by Gasteiger charge is -2.43. The number of hydrogen-bond acceptors (Lipinski definition) is 3. The second-order valence-electron chi connectivity index (χ2n) is 6.94. The van der Waals surface area contributed by atoms with Crippen molar-refractivity contribution in [3.63, 3.8) is 0 Å². The van der Waals surface area contributed by atoms with Crippen molar-refractivity contribution in [3.05, 3.63) is 52.7 Å². The molecule has 1 aromatic rings. The van der Waals surface area contributed by atoms with Gasteiger partial charge in [-0.2, -0.15) is 0 Å². The zero-order valence-corrected chi connectivity index (χ0v) is 15.4. The van der Waals surface area contributed by atoms with E-state index in [4.69, 9.17) is 4.74 Å². The molecule has 1 N–H and O–H groups in total. The van der Waals surface area contributed by atoms with Crippen LogP contribution in [0.25, 0.3) is 5.57 Å². The molecule has 0 bridgehead atoms. The number of benzene rings is 1. The van der Waals surface area contributed by atoms with Crippen LogP contribution in [0.1, 0.15) is 33.3 Å². The number of hydrogen-bond donors (Lipinski definition) is 1. The van der Waals surface area contributed by atoms with Gasteiger partial charge < -0.3 is 14.7 Å². The van der Waals surface area contributed by atoms with E-state index in [1.54, 1.807) is 19.2 Å². The summed E-state index contributed by atoms with van der Waals surface area (Å²) in [6, 6.07) is 6.47. The first kappa shape index (κ1) is 18.5. The smallest absolute Gasteiger partial charge is 0.146 e. The fourth-order valence-corrected chi connectivity index (χ4v) is 3.80. The second-order valence-corrected chi connectivity index (χ2v) is 6.94. The Morgan fingerprint density at radius 3 is 2.17 bits per heavy atom. The van der Waals surface area contributed by atoms with Gasteiger partial charge in [0.25, 0.3) is 0 Å². The van der Waals surface area contributed by atoms with Crippen LogP contribution in [-0.2, 0) is 4.74 Å². The zero-order valence-electron chi connectivity index (χ0n) is 15.4. The van der Waals surface area contributed by atoms with Crippen LogP contribution in [0, 0.1) is 17.7 Å². The molecule has 24 heavy (non-hydrogen) atoms. The van der Waals surface area contributed by atoms with Crippen molar-refractivity contribution in [1.82, 2.24) is 4.90 Å². The molecule has 1 aliphatic heterocycles. The van der Waals surface area contributed by atoms with Crippen LogP contribution in [0.3, 0.4) is 0 Å². The molecule has 0 saturated heterocycles. The summed E-state index contributed by atoms with van der Waals surface area (Å²) in [7, 11) is 3.70. The minimum Gasteiger partial charge on any atom is -0.494 e.